The van der Waals surface area contributed by atoms with Gasteiger partial charge in [0.1, 0.15) is 0 Å². The van der Waals surface area contributed by atoms with E-state index in [-0.39, 0.29) is 5.91 Å². The molecule has 0 aromatic heterocycles. The first-order chi connectivity index (χ1) is 12.9. The third-order valence-corrected chi connectivity index (χ3v) is 4.78. The van der Waals surface area contributed by atoms with Crippen LogP contribution < -0.4 is 14.2 Å². The number of ether oxygens (including phenoxy) is 3. The zero-order valence-corrected chi connectivity index (χ0v) is 17.1. The molecule has 0 fully saturated rings. The SMILES string of the molecule is COc1cc(/C=C/C(=O)N(C)Cc2cccc(Cl)c2Cl)cc(OC)c1OC. The molecular weight excluding hydrogens is 389 g/mol. The van der Waals surface area contributed by atoms with Crippen molar-refractivity contribution in [2.24, 2.45) is 0 Å². The first kappa shape index (κ1) is 20.9. The maximum Gasteiger partial charge on any atom is 0.246 e. The number of rotatable bonds is 7. The van der Waals surface area contributed by atoms with E-state index >= 15 is 0 Å². The quantitative estimate of drug-likeness (QED) is 0.622. The number of amides is 1. The zero-order valence-electron chi connectivity index (χ0n) is 15.6. The molecular formula is C20H21Cl2NO4. The fraction of sp³-hybridized carbons (Fsp3) is 0.250. The maximum atomic E-state index is 12.4. The summed E-state index contributed by atoms with van der Waals surface area (Å²) in [5.74, 6) is 1.35. The van der Waals surface area contributed by atoms with Crippen LogP contribution in [0, 0.1) is 0 Å². The molecule has 0 aliphatic carbocycles. The summed E-state index contributed by atoms with van der Waals surface area (Å²) >= 11 is 12.2. The van der Waals surface area contributed by atoms with Crippen LogP contribution in [-0.2, 0) is 11.3 Å². The van der Waals surface area contributed by atoms with Crippen LogP contribution in [0.15, 0.2) is 36.4 Å². The molecule has 2 aromatic carbocycles. The van der Waals surface area contributed by atoms with Crippen LogP contribution in [0.4, 0.5) is 0 Å². The molecule has 27 heavy (non-hydrogen) atoms. The number of carbonyl (C=O) groups is 1. The second kappa shape index (κ2) is 9.53. The average molecular weight is 410 g/mol. The molecule has 2 rings (SSSR count). The monoisotopic (exact) mass is 409 g/mol. The third-order valence-electron chi connectivity index (χ3n) is 3.92. The molecule has 1 amide bonds. The van der Waals surface area contributed by atoms with E-state index in [4.69, 9.17) is 37.4 Å². The van der Waals surface area contributed by atoms with E-state index in [2.05, 4.69) is 0 Å². The van der Waals surface area contributed by atoms with E-state index in [1.165, 1.54) is 13.2 Å². The summed E-state index contributed by atoms with van der Waals surface area (Å²) in [5, 5.41) is 0.912. The molecule has 0 spiro atoms. The highest BCUT2D eigenvalue weighted by Crippen LogP contribution is 2.38. The van der Waals surface area contributed by atoms with E-state index < -0.39 is 0 Å². The number of nitrogens with zero attached hydrogens (tertiary/aromatic N) is 1. The Morgan fingerprint density at radius 2 is 1.70 bits per heavy atom. The molecule has 0 saturated heterocycles. The van der Waals surface area contributed by atoms with E-state index in [0.29, 0.717) is 33.8 Å². The zero-order chi connectivity index (χ0) is 20.0. The number of likely N-dealkylation sites (N-methyl/N-ethyl adjacent to an activating group) is 1. The van der Waals surface area contributed by atoms with E-state index in [9.17, 15) is 4.79 Å². The molecule has 0 aliphatic heterocycles. The van der Waals surface area contributed by atoms with E-state index in [1.54, 1.807) is 56.5 Å². The number of benzene rings is 2. The lowest BCUT2D eigenvalue weighted by Crippen LogP contribution is -2.24. The topological polar surface area (TPSA) is 48.0 Å². The summed E-state index contributed by atoms with van der Waals surface area (Å²) in [7, 11) is 6.31. The molecule has 0 atom stereocenters. The second-order valence-electron chi connectivity index (χ2n) is 5.70. The Hall–Kier alpha value is -2.37. The van der Waals surface area contributed by atoms with Gasteiger partial charge in [0.05, 0.1) is 31.4 Å². The van der Waals surface area contributed by atoms with Gasteiger partial charge in [0.15, 0.2) is 11.5 Å². The Morgan fingerprint density at radius 3 is 2.26 bits per heavy atom. The van der Waals surface area contributed by atoms with Crippen molar-refractivity contribution in [1.82, 2.24) is 4.90 Å². The van der Waals surface area contributed by atoms with Crippen LogP contribution in [0.5, 0.6) is 17.2 Å². The van der Waals surface area contributed by atoms with Gasteiger partial charge in [-0.25, -0.2) is 0 Å². The van der Waals surface area contributed by atoms with Crippen molar-refractivity contribution in [3.8, 4) is 17.2 Å². The lowest BCUT2D eigenvalue weighted by molar-refractivity contribution is -0.125. The smallest absolute Gasteiger partial charge is 0.246 e. The highest BCUT2D eigenvalue weighted by atomic mass is 35.5. The molecule has 0 aliphatic rings. The van der Waals surface area contributed by atoms with E-state index in [1.807, 2.05) is 6.07 Å². The molecule has 0 bridgehead atoms. The number of hydrogen-bond donors (Lipinski definition) is 0. The normalized spacial score (nSPS) is 10.7. The van der Waals surface area contributed by atoms with Crippen LogP contribution in [0.2, 0.25) is 10.0 Å². The lowest BCUT2D eigenvalue weighted by Gasteiger charge is -2.16. The van der Waals surface area contributed by atoms with Crippen molar-refractivity contribution in [2.75, 3.05) is 28.4 Å². The van der Waals surface area contributed by atoms with Gasteiger partial charge in [-0.3, -0.25) is 4.79 Å². The van der Waals surface area contributed by atoms with Crippen LogP contribution in [0.25, 0.3) is 6.08 Å². The summed E-state index contributed by atoms with van der Waals surface area (Å²) in [6, 6.07) is 8.87. The van der Waals surface area contributed by atoms with Gasteiger partial charge in [0, 0.05) is 19.7 Å². The highest BCUT2D eigenvalue weighted by molar-refractivity contribution is 6.42. The van der Waals surface area contributed by atoms with Crippen LogP contribution in [0.1, 0.15) is 11.1 Å². The van der Waals surface area contributed by atoms with Crippen LogP contribution in [0.3, 0.4) is 0 Å². The van der Waals surface area contributed by atoms with Crippen molar-refractivity contribution in [2.45, 2.75) is 6.54 Å². The van der Waals surface area contributed by atoms with Crippen molar-refractivity contribution < 1.29 is 19.0 Å². The summed E-state index contributed by atoms with van der Waals surface area (Å²) in [6.45, 7) is 0.345. The predicted octanol–water partition coefficient (Wildman–Crippen LogP) is 4.69. The van der Waals surface area contributed by atoms with Gasteiger partial charge in [-0.2, -0.15) is 0 Å². The maximum absolute atomic E-state index is 12.4. The van der Waals surface area contributed by atoms with Gasteiger partial charge in [0.2, 0.25) is 11.7 Å². The minimum atomic E-state index is -0.181. The average Bonchev–Trinajstić information content (AvgIpc) is 2.68. The summed E-state index contributed by atoms with van der Waals surface area (Å²) < 4.78 is 15.9. The van der Waals surface area contributed by atoms with Gasteiger partial charge in [-0.1, -0.05) is 35.3 Å². The molecule has 0 heterocycles. The minimum absolute atomic E-state index is 0.181. The number of hydrogen-bond acceptors (Lipinski definition) is 4. The largest absolute Gasteiger partial charge is 0.493 e. The molecule has 2 aromatic rings. The number of halogens is 2. The Bertz CT molecular complexity index is 827. The Kier molecular flexibility index (Phi) is 7.39. The van der Waals surface area contributed by atoms with Gasteiger partial charge in [-0.05, 0) is 35.4 Å². The predicted molar refractivity (Wildman–Crippen MR) is 108 cm³/mol. The van der Waals surface area contributed by atoms with Crippen LogP contribution in [-0.4, -0.2) is 39.2 Å². The highest BCUT2D eigenvalue weighted by Gasteiger charge is 2.13. The molecule has 144 valence electrons. The number of methoxy groups -OCH3 is 3. The Balaban J connectivity index is 2.17. The third kappa shape index (κ3) is 5.08. The standard InChI is InChI=1S/C20H21Cl2NO4/c1-23(12-14-6-5-7-15(21)19(14)22)18(24)9-8-13-10-16(25-2)20(27-4)17(11-13)26-3/h5-11H,12H2,1-4H3/b9-8+. The fourth-order valence-corrected chi connectivity index (χ4v) is 2.88. The van der Waals surface area contributed by atoms with E-state index in [0.717, 1.165) is 11.1 Å². The Labute approximate surface area is 169 Å². The van der Waals surface area contributed by atoms with Gasteiger partial charge in [-0.15, -0.1) is 0 Å². The fourth-order valence-electron chi connectivity index (χ4n) is 2.50. The van der Waals surface area contributed by atoms with Gasteiger partial charge in [0.25, 0.3) is 0 Å². The first-order valence-corrected chi connectivity index (χ1v) is 8.83. The van der Waals surface area contributed by atoms with Crippen molar-refractivity contribution in [3.63, 3.8) is 0 Å². The van der Waals surface area contributed by atoms with Gasteiger partial charge < -0.3 is 19.1 Å². The summed E-state index contributed by atoms with van der Waals surface area (Å²) in [6.07, 6.45) is 3.15. The van der Waals surface area contributed by atoms with Crippen molar-refractivity contribution >= 4 is 35.2 Å². The molecule has 5 nitrogen and oxygen atoms in total. The molecule has 0 N–H and O–H groups in total. The minimum Gasteiger partial charge on any atom is -0.493 e. The van der Waals surface area contributed by atoms with Gasteiger partial charge >= 0.3 is 0 Å². The summed E-state index contributed by atoms with van der Waals surface area (Å²) in [5.41, 5.74) is 1.52. The first-order valence-electron chi connectivity index (χ1n) is 8.07. The Morgan fingerprint density at radius 1 is 1.07 bits per heavy atom. The summed E-state index contributed by atoms with van der Waals surface area (Å²) in [4.78, 5) is 14.0. The van der Waals surface area contributed by atoms with Crippen LogP contribution >= 0.6 is 23.2 Å². The van der Waals surface area contributed by atoms with Crippen molar-refractivity contribution in [3.05, 3.63) is 57.6 Å². The van der Waals surface area contributed by atoms with Crippen molar-refractivity contribution in [1.29, 1.82) is 0 Å². The molecule has 0 saturated carbocycles. The second-order valence-corrected chi connectivity index (χ2v) is 6.48. The number of carbonyl (C=O) groups excluding carboxylic acids is 1. The molecule has 0 unspecified atom stereocenters. The lowest BCUT2D eigenvalue weighted by atomic mass is 10.1. The molecule has 0 radical (unpaired) electrons. The molecule has 7 heteroatoms.